The minimum absolute atomic E-state index is 0.0532. The highest BCUT2D eigenvalue weighted by molar-refractivity contribution is 7.00. The number of hydrogen-bond acceptors (Lipinski definition) is 2. The van der Waals surface area contributed by atoms with Crippen LogP contribution in [0.25, 0.3) is 99.5 Å². The normalized spacial score (nSPS) is 13.3. The van der Waals surface area contributed by atoms with Gasteiger partial charge in [0.25, 0.3) is 6.71 Å². The van der Waals surface area contributed by atoms with E-state index in [1.807, 2.05) is 0 Å². The molecular formula is C98H91BN4. The Hall–Kier alpha value is -10.9. The molecule has 4 heterocycles. The van der Waals surface area contributed by atoms with Gasteiger partial charge in [-0.1, -0.05) is 286 Å². The van der Waals surface area contributed by atoms with E-state index in [0.29, 0.717) is 0 Å². The number of nitrogens with zero attached hydrogens (tertiary/aromatic N) is 4. The Labute approximate surface area is 609 Å². The van der Waals surface area contributed by atoms with E-state index in [9.17, 15) is 0 Å². The summed E-state index contributed by atoms with van der Waals surface area (Å²) in [6, 6.07) is 108. The minimum atomic E-state index is -0.326. The summed E-state index contributed by atoms with van der Waals surface area (Å²) in [4.78, 5) is 5.49. The summed E-state index contributed by atoms with van der Waals surface area (Å²) >= 11 is 0. The van der Waals surface area contributed by atoms with Crippen LogP contribution in [-0.2, 0) is 27.1 Å². The first kappa shape index (κ1) is 65.4. The fourth-order valence-corrected chi connectivity index (χ4v) is 16.6. The molecule has 2 aliphatic heterocycles. The molecule has 0 amide bonds. The zero-order valence-electron chi connectivity index (χ0n) is 62.4. The molecule has 506 valence electrons. The van der Waals surface area contributed by atoms with Crippen molar-refractivity contribution in [2.24, 2.45) is 0 Å². The summed E-state index contributed by atoms with van der Waals surface area (Å²) in [7, 11) is 0. The van der Waals surface area contributed by atoms with E-state index in [2.05, 4.69) is 402 Å². The quantitative estimate of drug-likeness (QED) is 0.141. The van der Waals surface area contributed by atoms with Crippen LogP contribution in [0.4, 0.5) is 34.1 Å². The van der Waals surface area contributed by atoms with E-state index < -0.39 is 0 Å². The van der Waals surface area contributed by atoms with E-state index in [-0.39, 0.29) is 33.8 Å². The lowest BCUT2D eigenvalue weighted by atomic mass is 9.33. The number of anilines is 6. The predicted octanol–water partition coefficient (Wildman–Crippen LogP) is 25.1. The molecule has 0 radical (unpaired) electrons. The van der Waals surface area contributed by atoms with Gasteiger partial charge in [-0.15, -0.1) is 0 Å². The van der Waals surface area contributed by atoms with Gasteiger partial charge in [0.2, 0.25) is 0 Å². The summed E-state index contributed by atoms with van der Waals surface area (Å²) in [5, 5.41) is 5.00. The first-order valence-electron chi connectivity index (χ1n) is 37.0. The Morgan fingerprint density at radius 1 is 0.233 bits per heavy atom. The SMILES string of the molecule is CC(C)(C)c1cc(-c2ccccc2)c(N2c3cc(-n4c5ccccc5c5ccccc54)ccc3B3c4ccc(-n5c6ccc(C(C)(C)C)cc6c6cc(C(C)(C)C)ccc65)cc4N(c4c(-c5ccccc5)cc(C(C)(C)C)cc4-c4ccccc4)c4cc(C(C)(C)C)cc2c43)c(-c2ccccc2)c1. The molecule has 0 saturated heterocycles. The Bertz CT molecular complexity index is 5630. The van der Waals surface area contributed by atoms with Gasteiger partial charge in [-0.2, -0.15) is 0 Å². The van der Waals surface area contributed by atoms with Crippen LogP contribution in [0, 0.1) is 0 Å². The van der Waals surface area contributed by atoms with E-state index in [1.54, 1.807) is 0 Å². The van der Waals surface area contributed by atoms with Crippen molar-refractivity contribution in [1.82, 2.24) is 9.13 Å². The standard InChI is InChI=1S/C98H91BN4/c1-94(2,3)66-44-50-85-79(52-66)80-53-67(95(4,5)6)45-51-86(80)101(85)72-47-49-82-88(61-72)103(93-77(64-36-24-18-25-37-64)56-69(97(10,11)12)57-78(93)65-38-26-19-27-39-65)90-59-70(98(13,14)15)58-89-91(90)99(82)81-48-46-71(100-83-42-30-28-40-73(83)74-41-29-31-43-84(74)100)60-87(81)102(89)92-75(62-32-20-16-21-33-62)54-68(96(7,8)9)55-76(92)63-34-22-17-23-35-63/h16-61H,1-15H3. The van der Waals surface area contributed by atoms with Gasteiger partial charge in [0.15, 0.2) is 0 Å². The lowest BCUT2D eigenvalue weighted by molar-refractivity contribution is 0.590. The molecule has 5 heteroatoms. The lowest BCUT2D eigenvalue weighted by Crippen LogP contribution is -2.61. The smallest absolute Gasteiger partial charge is 0.252 e. The fourth-order valence-electron chi connectivity index (χ4n) is 16.6. The first-order valence-corrected chi connectivity index (χ1v) is 37.0. The third kappa shape index (κ3) is 10.9. The molecule has 17 rings (SSSR count). The van der Waals surface area contributed by atoms with Gasteiger partial charge >= 0.3 is 0 Å². The third-order valence-corrected chi connectivity index (χ3v) is 22.2. The van der Waals surface area contributed by atoms with Crippen molar-refractivity contribution in [3.63, 3.8) is 0 Å². The van der Waals surface area contributed by atoms with Crippen LogP contribution >= 0.6 is 0 Å². The topological polar surface area (TPSA) is 16.3 Å². The molecule has 4 nitrogen and oxygen atoms in total. The molecule has 103 heavy (non-hydrogen) atoms. The van der Waals surface area contributed by atoms with Crippen molar-refractivity contribution in [3.05, 3.63) is 307 Å². The van der Waals surface area contributed by atoms with Crippen LogP contribution in [0.5, 0.6) is 0 Å². The molecule has 0 fully saturated rings. The molecule has 0 aliphatic carbocycles. The maximum Gasteiger partial charge on any atom is 0.252 e. The minimum Gasteiger partial charge on any atom is -0.310 e. The van der Waals surface area contributed by atoms with Crippen LogP contribution in [0.1, 0.15) is 132 Å². The van der Waals surface area contributed by atoms with Crippen molar-refractivity contribution in [3.8, 4) is 55.9 Å². The lowest BCUT2D eigenvalue weighted by Gasteiger charge is -2.47. The average Bonchev–Trinajstić information content (AvgIpc) is 1.14. The number of benzene rings is 13. The number of para-hydroxylation sites is 2. The second-order valence-corrected chi connectivity index (χ2v) is 34.2. The Balaban J connectivity index is 1.07. The molecule has 15 aromatic rings. The zero-order valence-corrected chi connectivity index (χ0v) is 62.4. The highest BCUT2D eigenvalue weighted by atomic mass is 15.2. The monoisotopic (exact) mass is 1330 g/mol. The molecule has 13 aromatic carbocycles. The number of fused-ring (bicyclic) bond motifs is 10. The first-order chi connectivity index (χ1) is 49.3. The van der Waals surface area contributed by atoms with E-state index in [1.165, 1.54) is 110 Å². The van der Waals surface area contributed by atoms with Crippen LogP contribution in [0.3, 0.4) is 0 Å². The van der Waals surface area contributed by atoms with Gasteiger partial charge in [-0.25, -0.2) is 0 Å². The average molecular weight is 1340 g/mol. The summed E-state index contributed by atoms with van der Waals surface area (Å²) < 4.78 is 5.08. The van der Waals surface area contributed by atoms with Crippen LogP contribution in [0.15, 0.2) is 279 Å². The Morgan fingerprint density at radius 3 is 0.845 bits per heavy atom. The molecule has 0 spiro atoms. The number of aromatic nitrogens is 2. The van der Waals surface area contributed by atoms with Crippen LogP contribution in [0.2, 0.25) is 0 Å². The van der Waals surface area contributed by atoms with Crippen molar-refractivity contribution in [2.45, 2.75) is 131 Å². The molecule has 0 atom stereocenters. The van der Waals surface area contributed by atoms with Crippen molar-refractivity contribution in [1.29, 1.82) is 0 Å². The Morgan fingerprint density at radius 2 is 0.524 bits per heavy atom. The third-order valence-electron chi connectivity index (χ3n) is 22.2. The molecular weight excluding hydrogens is 1240 g/mol. The molecule has 0 saturated carbocycles. The molecule has 0 N–H and O–H groups in total. The molecule has 0 bridgehead atoms. The maximum absolute atomic E-state index is 2.75. The molecule has 0 unspecified atom stereocenters. The summed E-state index contributed by atoms with van der Waals surface area (Å²) in [5.41, 5.74) is 32.6. The largest absolute Gasteiger partial charge is 0.310 e. The van der Waals surface area contributed by atoms with Crippen molar-refractivity contribution >= 4 is 101 Å². The van der Waals surface area contributed by atoms with Crippen molar-refractivity contribution in [2.75, 3.05) is 9.80 Å². The highest BCUT2D eigenvalue weighted by Crippen LogP contribution is 2.56. The van der Waals surface area contributed by atoms with Crippen LogP contribution in [-0.4, -0.2) is 15.8 Å². The second-order valence-electron chi connectivity index (χ2n) is 34.2. The van der Waals surface area contributed by atoms with Gasteiger partial charge in [0.05, 0.1) is 33.4 Å². The summed E-state index contributed by atoms with van der Waals surface area (Å²) in [6.45, 7) is 35.2. The number of hydrogen-bond donors (Lipinski definition) is 0. The van der Waals surface area contributed by atoms with E-state index in [4.69, 9.17) is 0 Å². The van der Waals surface area contributed by atoms with Gasteiger partial charge in [0, 0.05) is 77.9 Å². The van der Waals surface area contributed by atoms with E-state index in [0.717, 1.165) is 67.8 Å². The predicted molar refractivity (Wildman–Crippen MR) is 444 cm³/mol. The molecule has 2 aliphatic rings. The van der Waals surface area contributed by atoms with Gasteiger partial charge < -0.3 is 18.9 Å². The zero-order chi connectivity index (χ0) is 71.4. The van der Waals surface area contributed by atoms with Crippen molar-refractivity contribution < 1.29 is 0 Å². The van der Waals surface area contributed by atoms with Crippen LogP contribution < -0.4 is 26.2 Å². The summed E-state index contributed by atoms with van der Waals surface area (Å²) in [6.07, 6.45) is 0. The number of rotatable bonds is 8. The van der Waals surface area contributed by atoms with Gasteiger partial charge in [-0.05, 0) is 191 Å². The summed E-state index contributed by atoms with van der Waals surface area (Å²) in [5.74, 6) is 0. The maximum atomic E-state index is 2.75. The van der Waals surface area contributed by atoms with Gasteiger partial charge in [-0.3, -0.25) is 0 Å². The Kier molecular flexibility index (Phi) is 15.2. The second kappa shape index (κ2) is 23.9. The van der Waals surface area contributed by atoms with Gasteiger partial charge in [0.1, 0.15) is 0 Å². The molecule has 2 aromatic heterocycles. The highest BCUT2D eigenvalue weighted by Gasteiger charge is 2.47. The fraction of sp³-hybridized carbons (Fsp3) is 0.204. The van der Waals surface area contributed by atoms with E-state index >= 15 is 0 Å².